The van der Waals surface area contributed by atoms with Gasteiger partial charge >= 0.3 is 0 Å². The van der Waals surface area contributed by atoms with Gasteiger partial charge in [-0.1, -0.05) is 11.6 Å². The number of rotatable bonds is 7. The molecule has 168 valence electrons. The van der Waals surface area contributed by atoms with Crippen LogP contribution in [0.25, 0.3) is 0 Å². The monoisotopic (exact) mass is 446 g/mol. The third-order valence-electron chi connectivity index (χ3n) is 6.01. The van der Waals surface area contributed by atoms with Gasteiger partial charge in [-0.25, -0.2) is 4.98 Å². The topological polar surface area (TPSA) is 109 Å². The molecule has 2 N–H and O–H groups in total. The first-order valence-corrected chi connectivity index (χ1v) is 11.0. The van der Waals surface area contributed by atoms with Crippen molar-refractivity contribution in [1.82, 2.24) is 19.7 Å². The molecule has 8 nitrogen and oxygen atoms in total. The number of nitriles is 1. The summed E-state index contributed by atoms with van der Waals surface area (Å²) in [6, 6.07) is 2.23. The Kier molecular flexibility index (Phi) is 6.77. The number of hydrogen-bond donors (Lipinski definition) is 2. The van der Waals surface area contributed by atoms with E-state index >= 15 is 0 Å². The molecule has 1 aliphatic rings. The highest BCUT2D eigenvalue weighted by molar-refractivity contribution is 6.31. The van der Waals surface area contributed by atoms with Crippen molar-refractivity contribution in [1.29, 1.82) is 5.26 Å². The van der Waals surface area contributed by atoms with Crippen LogP contribution >= 0.6 is 11.6 Å². The normalized spacial score (nSPS) is 19.7. The van der Waals surface area contributed by atoms with E-state index in [2.05, 4.69) is 26.5 Å². The molecule has 0 aromatic carbocycles. The molecule has 1 fully saturated rings. The highest BCUT2D eigenvalue weighted by atomic mass is 35.5. The lowest BCUT2D eigenvalue weighted by molar-refractivity contribution is -0.00911. The van der Waals surface area contributed by atoms with Crippen molar-refractivity contribution in [3.8, 4) is 11.9 Å². The van der Waals surface area contributed by atoms with Crippen LogP contribution in [-0.2, 0) is 5.54 Å². The second-order valence-electron chi connectivity index (χ2n) is 9.40. The van der Waals surface area contributed by atoms with Crippen LogP contribution in [-0.4, -0.2) is 37.1 Å². The molecule has 31 heavy (non-hydrogen) atoms. The Morgan fingerprint density at radius 1 is 1.29 bits per heavy atom. The van der Waals surface area contributed by atoms with Crippen LogP contribution in [0.5, 0.6) is 5.88 Å². The average molecular weight is 447 g/mol. The van der Waals surface area contributed by atoms with Crippen LogP contribution in [0.2, 0.25) is 5.02 Å². The van der Waals surface area contributed by atoms with Gasteiger partial charge in [0.1, 0.15) is 10.6 Å². The van der Waals surface area contributed by atoms with Gasteiger partial charge in [0, 0.05) is 0 Å². The summed E-state index contributed by atoms with van der Waals surface area (Å²) in [5.41, 5.74) is 0.0512. The maximum absolute atomic E-state index is 10.2. The minimum Gasteiger partial charge on any atom is -0.476 e. The van der Waals surface area contributed by atoms with E-state index in [9.17, 15) is 10.4 Å². The zero-order valence-electron chi connectivity index (χ0n) is 18.8. The minimum absolute atomic E-state index is 0.331. The van der Waals surface area contributed by atoms with Gasteiger partial charge in [0.05, 0.1) is 42.1 Å². The van der Waals surface area contributed by atoms with Crippen LogP contribution in [0.3, 0.4) is 0 Å². The number of halogens is 1. The first-order chi connectivity index (χ1) is 14.5. The maximum Gasteiger partial charge on any atom is 0.237 e. The van der Waals surface area contributed by atoms with Crippen molar-refractivity contribution in [3.63, 3.8) is 0 Å². The fraction of sp³-hybridized carbons (Fsp3) is 0.636. The molecule has 3 rings (SSSR count). The molecule has 0 spiro atoms. The summed E-state index contributed by atoms with van der Waals surface area (Å²) in [5, 5.41) is 27.4. The Morgan fingerprint density at radius 2 is 1.97 bits per heavy atom. The van der Waals surface area contributed by atoms with Crippen LogP contribution < -0.4 is 10.1 Å². The fourth-order valence-electron chi connectivity index (χ4n) is 3.79. The third kappa shape index (κ3) is 5.66. The number of aliphatic hydroxyl groups is 1. The lowest BCUT2D eigenvalue weighted by atomic mass is 9.75. The number of nitrogens with zero attached hydrogens (tertiary/aromatic N) is 5. The van der Waals surface area contributed by atoms with E-state index in [4.69, 9.17) is 16.3 Å². The quantitative estimate of drug-likeness (QED) is 0.639. The van der Waals surface area contributed by atoms with E-state index in [0.29, 0.717) is 41.0 Å². The fourth-order valence-corrected chi connectivity index (χ4v) is 3.93. The first kappa shape index (κ1) is 23.3. The number of aryl methyl sites for hydroxylation is 1. The van der Waals surface area contributed by atoms with Crippen molar-refractivity contribution in [2.24, 2.45) is 11.8 Å². The second kappa shape index (κ2) is 9.01. The minimum atomic E-state index is -0.760. The average Bonchev–Trinajstić information content (AvgIpc) is 3.09. The molecule has 2 heterocycles. The van der Waals surface area contributed by atoms with Crippen LogP contribution in [0, 0.1) is 30.1 Å². The van der Waals surface area contributed by atoms with Crippen molar-refractivity contribution in [2.45, 2.75) is 71.4 Å². The van der Waals surface area contributed by atoms with Gasteiger partial charge in [0.25, 0.3) is 0 Å². The molecule has 0 atom stereocenters. The molecule has 0 bridgehead atoms. The molecule has 0 aliphatic heterocycles. The predicted octanol–water partition coefficient (Wildman–Crippen LogP) is 4.59. The van der Waals surface area contributed by atoms with E-state index in [1.165, 1.54) is 6.20 Å². The molecule has 9 heteroatoms. The van der Waals surface area contributed by atoms with Gasteiger partial charge in [-0.3, -0.25) is 4.68 Å². The Labute approximate surface area is 188 Å². The summed E-state index contributed by atoms with van der Waals surface area (Å²) in [6.07, 6.45) is 7.27. The number of aromatic nitrogens is 4. The van der Waals surface area contributed by atoms with Gasteiger partial charge in [0.2, 0.25) is 11.8 Å². The lowest BCUT2D eigenvalue weighted by Crippen LogP contribution is -2.34. The van der Waals surface area contributed by atoms with Crippen LogP contribution in [0.15, 0.2) is 12.4 Å². The molecule has 1 saturated carbocycles. The predicted molar refractivity (Wildman–Crippen MR) is 119 cm³/mol. The SMILES string of the molecule is Cc1nn(C(C)(C)C#N)cc1Nc1ncc(Cl)c(OCC2CCC(C(C)(C)O)CC2)n1. The molecular weight excluding hydrogens is 416 g/mol. The van der Waals surface area contributed by atoms with Gasteiger partial charge in [0.15, 0.2) is 0 Å². The summed E-state index contributed by atoms with van der Waals surface area (Å²) < 4.78 is 7.55. The summed E-state index contributed by atoms with van der Waals surface area (Å²) in [5.74, 6) is 1.43. The summed E-state index contributed by atoms with van der Waals surface area (Å²) in [7, 11) is 0. The highest BCUT2D eigenvalue weighted by Crippen LogP contribution is 2.36. The number of hydrogen-bond acceptors (Lipinski definition) is 7. The summed E-state index contributed by atoms with van der Waals surface area (Å²) in [6.45, 7) is 9.74. The highest BCUT2D eigenvalue weighted by Gasteiger charge is 2.31. The Hall–Kier alpha value is -2.37. The van der Waals surface area contributed by atoms with E-state index in [0.717, 1.165) is 31.4 Å². The molecule has 0 unspecified atom stereocenters. The van der Waals surface area contributed by atoms with Gasteiger partial charge < -0.3 is 15.2 Å². The number of anilines is 2. The van der Waals surface area contributed by atoms with Crippen LogP contribution in [0.1, 0.15) is 59.1 Å². The van der Waals surface area contributed by atoms with E-state index in [1.807, 2.05) is 20.8 Å². The molecule has 2 aromatic heterocycles. The Balaban J connectivity index is 1.63. The van der Waals surface area contributed by atoms with Crippen LogP contribution in [0.4, 0.5) is 11.6 Å². The third-order valence-corrected chi connectivity index (χ3v) is 6.26. The summed E-state index contributed by atoms with van der Waals surface area (Å²) in [4.78, 5) is 8.66. The van der Waals surface area contributed by atoms with E-state index < -0.39 is 11.1 Å². The smallest absolute Gasteiger partial charge is 0.237 e. The zero-order chi connectivity index (χ0) is 22.8. The molecule has 0 amide bonds. The summed E-state index contributed by atoms with van der Waals surface area (Å²) >= 11 is 6.25. The standard InChI is InChI=1S/C22H31ClN6O2/c1-14-18(11-29(28-14)21(2,3)13-24)26-20-25-10-17(23)19(27-20)31-12-15-6-8-16(9-7-15)22(4,5)30/h10-11,15-16,30H,6-9,12H2,1-5H3,(H,25,26,27). The van der Waals surface area contributed by atoms with E-state index in [-0.39, 0.29) is 0 Å². The number of nitrogens with one attached hydrogen (secondary N) is 1. The zero-order valence-corrected chi connectivity index (χ0v) is 19.6. The molecule has 1 aliphatic carbocycles. The molecular formula is C22H31ClN6O2. The first-order valence-electron chi connectivity index (χ1n) is 10.6. The van der Waals surface area contributed by atoms with E-state index in [1.54, 1.807) is 24.7 Å². The number of ether oxygens (including phenoxy) is 1. The van der Waals surface area contributed by atoms with Gasteiger partial charge in [-0.05, 0) is 72.1 Å². The van der Waals surface area contributed by atoms with Crippen molar-refractivity contribution < 1.29 is 9.84 Å². The van der Waals surface area contributed by atoms with Crippen molar-refractivity contribution in [3.05, 3.63) is 23.1 Å². The van der Waals surface area contributed by atoms with Crippen molar-refractivity contribution in [2.75, 3.05) is 11.9 Å². The van der Waals surface area contributed by atoms with Gasteiger partial charge in [-0.2, -0.15) is 15.3 Å². The maximum atomic E-state index is 10.2. The Bertz CT molecular complexity index is 952. The largest absolute Gasteiger partial charge is 0.476 e. The molecule has 2 aromatic rings. The molecule has 0 saturated heterocycles. The molecule has 0 radical (unpaired) electrons. The Morgan fingerprint density at radius 3 is 2.58 bits per heavy atom. The lowest BCUT2D eigenvalue weighted by Gasteiger charge is -2.35. The second-order valence-corrected chi connectivity index (χ2v) is 9.80. The van der Waals surface area contributed by atoms with Gasteiger partial charge in [-0.15, -0.1) is 0 Å². The van der Waals surface area contributed by atoms with Crippen molar-refractivity contribution >= 4 is 23.2 Å².